The highest BCUT2D eigenvalue weighted by atomic mass is 16.5. The van der Waals surface area contributed by atoms with Crippen molar-refractivity contribution in [2.45, 2.75) is 32.9 Å². The van der Waals surface area contributed by atoms with Crippen molar-refractivity contribution in [3.8, 4) is 5.75 Å². The van der Waals surface area contributed by atoms with Crippen molar-refractivity contribution in [3.05, 3.63) is 65.7 Å². The van der Waals surface area contributed by atoms with Crippen LogP contribution in [0.25, 0.3) is 0 Å². The molecule has 0 amide bonds. The molecule has 2 heteroatoms. The first-order valence-corrected chi connectivity index (χ1v) is 7.56. The molecule has 0 saturated carbocycles. The van der Waals surface area contributed by atoms with Gasteiger partial charge < -0.3 is 10.1 Å². The molecule has 2 nitrogen and oxygen atoms in total. The van der Waals surface area contributed by atoms with Crippen molar-refractivity contribution in [2.75, 3.05) is 7.11 Å². The molecule has 0 aliphatic heterocycles. The van der Waals surface area contributed by atoms with Gasteiger partial charge in [-0.25, -0.2) is 0 Å². The summed E-state index contributed by atoms with van der Waals surface area (Å²) in [4.78, 5) is 0. The summed E-state index contributed by atoms with van der Waals surface area (Å²) in [5.74, 6) is 1.43. The highest BCUT2D eigenvalue weighted by Gasteiger charge is 2.18. The molecule has 0 aromatic heterocycles. The van der Waals surface area contributed by atoms with Crippen molar-refractivity contribution in [1.29, 1.82) is 0 Å². The lowest BCUT2D eigenvalue weighted by molar-refractivity contribution is 0.372. The maximum atomic E-state index is 5.31. The third-order valence-corrected chi connectivity index (χ3v) is 3.85. The van der Waals surface area contributed by atoms with Crippen molar-refractivity contribution in [3.63, 3.8) is 0 Å². The number of hydrogen-bond donors (Lipinski definition) is 1. The van der Waals surface area contributed by atoms with Crippen LogP contribution in [0.4, 0.5) is 0 Å². The summed E-state index contributed by atoms with van der Waals surface area (Å²) in [6, 6.07) is 19.5. The third-order valence-electron chi connectivity index (χ3n) is 3.85. The van der Waals surface area contributed by atoms with Gasteiger partial charge in [0.05, 0.1) is 7.11 Å². The van der Waals surface area contributed by atoms with Crippen LogP contribution in [0.5, 0.6) is 5.75 Å². The van der Waals surface area contributed by atoms with Crippen molar-refractivity contribution < 1.29 is 4.74 Å². The van der Waals surface area contributed by atoms with Gasteiger partial charge in [-0.05, 0) is 36.1 Å². The molecule has 0 bridgehead atoms. The summed E-state index contributed by atoms with van der Waals surface area (Å²) in [6.45, 7) is 6.71. The summed E-state index contributed by atoms with van der Waals surface area (Å²) in [7, 11) is 1.71. The Balaban J connectivity index is 2.16. The number of ether oxygens (including phenoxy) is 1. The maximum Gasteiger partial charge on any atom is 0.119 e. The van der Waals surface area contributed by atoms with Crippen LogP contribution in [0, 0.1) is 5.92 Å². The third kappa shape index (κ3) is 4.08. The van der Waals surface area contributed by atoms with E-state index in [2.05, 4.69) is 68.6 Å². The highest BCUT2D eigenvalue weighted by molar-refractivity contribution is 5.30. The quantitative estimate of drug-likeness (QED) is 0.826. The Hall–Kier alpha value is -1.80. The SMILES string of the molecule is COc1cccc([C@@H](C)N[C@@H](c2ccccc2)C(C)C)c1. The minimum absolute atomic E-state index is 0.271. The second-order valence-electron chi connectivity index (χ2n) is 5.80. The summed E-state index contributed by atoms with van der Waals surface area (Å²) in [5, 5.41) is 3.74. The van der Waals surface area contributed by atoms with E-state index in [9.17, 15) is 0 Å². The van der Waals surface area contributed by atoms with E-state index < -0.39 is 0 Å². The Morgan fingerprint density at radius 1 is 0.857 bits per heavy atom. The fourth-order valence-corrected chi connectivity index (χ4v) is 2.61. The minimum Gasteiger partial charge on any atom is -0.497 e. The first kappa shape index (κ1) is 15.6. The Morgan fingerprint density at radius 2 is 1.52 bits per heavy atom. The van der Waals surface area contributed by atoms with Crippen LogP contribution >= 0.6 is 0 Å². The first-order valence-electron chi connectivity index (χ1n) is 7.56. The molecule has 2 rings (SSSR count). The van der Waals surface area contributed by atoms with Crippen LogP contribution in [0.3, 0.4) is 0 Å². The van der Waals surface area contributed by atoms with Crippen LogP contribution in [-0.4, -0.2) is 7.11 Å². The number of hydrogen-bond acceptors (Lipinski definition) is 2. The predicted octanol–water partition coefficient (Wildman–Crippen LogP) is 4.74. The van der Waals surface area contributed by atoms with Gasteiger partial charge in [0.2, 0.25) is 0 Å². The summed E-state index contributed by atoms with van der Waals surface area (Å²) in [6.07, 6.45) is 0. The number of nitrogens with one attached hydrogen (secondary N) is 1. The number of methoxy groups -OCH3 is 1. The molecular weight excluding hydrogens is 258 g/mol. The first-order chi connectivity index (χ1) is 10.1. The molecule has 112 valence electrons. The van der Waals surface area contributed by atoms with Crippen molar-refractivity contribution in [1.82, 2.24) is 5.32 Å². The monoisotopic (exact) mass is 283 g/mol. The molecule has 0 heterocycles. The molecule has 0 aliphatic rings. The fourth-order valence-electron chi connectivity index (χ4n) is 2.61. The van der Waals surface area contributed by atoms with Gasteiger partial charge in [0.25, 0.3) is 0 Å². The standard InChI is InChI=1S/C19H25NO/c1-14(2)19(16-9-6-5-7-10-16)20-15(3)17-11-8-12-18(13-17)21-4/h5-15,19-20H,1-4H3/t15-,19-/m1/s1. The Bertz CT molecular complexity index is 551. The smallest absolute Gasteiger partial charge is 0.119 e. The molecule has 0 fully saturated rings. The number of rotatable bonds is 6. The van der Waals surface area contributed by atoms with Crippen LogP contribution in [0.1, 0.15) is 44.0 Å². The van der Waals surface area contributed by atoms with Gasteiger partial charge >= 0.3 is 0 Å². The lowest BCUT2D eigenvalue weighted by Crippen LogP contribution is -2.28. The largest absolute Gasteiger partial charge is 0.497 e. The van der Waals surface area contributed by atoms with E-state index in [0.29, 0.717) is 12.0 Å². The van der Waals surface area contributed by atoms with E-state index in [4.69, 9.17) is 4.74 Å². The molecule has 0 spiro atoms. The molecule has 2 atom stereocenters. The Kier molecular flexibility index (Phi) is 5.40. The second kappa shape index (κ2) is 7.28. The zero-order valence-electron chi connectivity index (χ0n) is 13.3. The van der Waals surface area contributed by atoms with Crippen molar-refractivity contribution >= 4 is 0 Å². The van der Waals surface area contributed by atoms with Crippen LogP contribution in [0.15, 0.2) is 54.6 Å². The Labute approximate surface area is 128 Å². The average molecular weight is 283 g/mol. The van der Waals surface area contributed by atoms with Gasteiger partial charge in [0.15, 0.2) is 0 Å². The van der Waals surface area contributed by atoms with E-state index in [1.807, 2.05) is 12.1 Å². The highest BCUT2D eigenvalue weighted by Crippen LogP contribution is 2.26. The van der Waals surface area contributed by atoms with Gasteiger partial charge in [0.1, 0.15) is 5.75 Å². The minimum atomic E-state index is 0.271. The summed E-state index contributed by atoms with van der Waals surface area (Å²) in [5.41, 5.74) is 2.58. The molecule has 2 aromatic carbocycles. The van der Waals surface area contributed by atoms with Gasteiger partial charge in [-0.1, -0.05) is 56.3 Å². The fraction of sp³-hybridized carbons (Fsp3) is 0.368. The molecular formula is C19H25NO. The van der Waals surface area contributed by atoms with Gasteiger partial charge in [0, 0.05) is 12.1 Å². The van der Waals surface area contributed by atoms with Gasteiger partial charge in [-0.2, -0.15) is 0 Å². The van der Waals surface area contributed by atoms with E-state index >= 15 is 0 Å². The lowest BCUT2D eigenvalue weighted by Gasteiger charge is -2.27. The van der Waals surface area contributed by atoms with Crippen LogP contribution in [-0.2, 0) is 0 Å². The summed E-state index contributed by atoms with van der Waals surface area (Å²) >= 11 is 0. The molecule has 0 unspecified atom stereocenters. The molecule has 0 saturated heterocycles. The average Bonchev–Trinajstić information content (AvgIpc) is 2.53. The van der Waals surface area contributed by atoms with Gasteiger partial charge in [-0.3, -0.25) is 0 Å². The van der Waals surface area contributed by atoms with E-state index in [1.54, 1.807) is 7.11 Å². The predicted molar refractivity (Wildman–Crippen MR) is 88.6 cm³/mol. The lowest BCUT2D eigenvalue weighted by atomic mass is 9.94. The molecule has 0 radical (unpaired) electrons. The van der Waals surface area contributed by atoms with Crippen LogP contribution in [0.2, 0.25) is 0 Å². The van der Waals surface area contributed by atoms with E-state index in [0.717, 1.165) is 5.75 Å². The van der Waals surface area contributed by atoms with E-state index in [1.165, 1.54) is 11.1 Å². The topological polar surface area (TPSA) is 21.3 Å². The Morgan fingerprint density at radius 3 is 2.14 bits per heavy atom. The second-order valence-corrected chi connectivity index (χ2v) is 5.80. The summed E-state index contributed by atoms with van der Waals surface area (Å²) < 4.78 is 5.31. The maximum absolute atomic E-state index is 5.31. The van der Waals surface area contributed by atoms with Gasteiger partial charge in [-0.15, -0.1) is 0 Å². The zero-order chi connectivity index (χ0) is 15.2. The molecule has 1 N–H and O–H groups in total. The molecule has 2 aromatic rings. The molecule has 21 heavy (non-hydrogen) atoms. The van der Waals surface area contributed by atoms with Crippen molar-refractivity contribution in [2.24, 2.45) is 5.92 Å². The number of benzene rings is 2. The molecule has 0 aliphatic carbocycles. The zero-order valence-corrected chi connectivity index (χ0v) is 13.3. The van der Waals surface area contributed by atoms with Crippen LogP contribution < -0.4 is 10.1 Å². The normalized spacial score (nSPS) is 14.0. The van der Waals surface area contributed by atoms with E-state index in [-0.39, 0.29) is 6.04 Å².